The maximum absolute atomic E-state index is 12.7. The van der Waals surface area contributed by atoms with E-state index in [-0.39, 0.29) is 23.9 Å². The number of thiophene rings is 1. The Hall–Kier alpha value is -2.95. The topological polar surface area (TPSA) is 90.8 Å². The first-order valence-electron chi connectivity index (χ1n) is 9.51. The highest BCUT2D eigenvalue weighted by atomic mass is 32.1. The van der Waals surface area contributed by atoms with E-state index in [1.807, 2.05) is 39.4 Å². The molecule has 2 aromatic rings. The van der Waals surface area contributed by atoms with Gasteiger partial charge in [-0.05, 0) is 42.0 Å². The summed E-state index contributed by atoms with van der Waals surface area (Å²) in [7, 11) is 0. The monoisotopic (exact) mass is 455 g/mol. The normalized spacial score (nSPS) is 20.7. The highest BCUT2D eigenvalue weighted by Gasteiger charge is 2.45. The van der Waals surface area contributed by atoms with E-state index in [9.17, 15) is 22.8 Å². The van der Waals surface area contributed by atoms with E-state index in [1.165, 1.54) is 11.3 Å². The highest BCUT2D eigenvalue weighted by molar-refractivity contribution is 7.12. The van der Waals surface area contributed by atoms with Crippen LogP contribution in [0.25, 0.3) is 0 Å². The minimum atomic E-state index is -5.08. The van der Waals surface area contributed by atoms with Gasteiger partial charge in [-0.3, -0.25) is 14.6 Å². The summed E-state index contributed by atoms with van der Waals surface area (Å²) in [6.07, 6.45) is 0.567. The minimum Gasteiger partial charge on any atom is -0.475 e. The van der Waals surface area contributed by atoms with Gasteiger partial charge in [0.15, 0.2) is 0 Å². The van der Waals surface area contributed by atoms with Crippen LogP contribution in [0.1, 0.15) is 34.5 Å². The van der Waals surface area contributed by atoms with Crippen molar-refractivity contribution in [2.24, 2.45) is 0 Å². The zero-order chi connectivity index (χ0) is 22.6. The van der Waals surface area contributed by atoms with Crippen molar-refractivity contribution < 1.29 is 32.7 Å². The molecule has 166 valence electrons. The summed E-state index contributed by atoms with van der Waals surface area (Å²) in [6.45, 7) is 1.33. The summed E-state index contributed by atoms with van der Waals surface area (Å²) in [5, 5.41) is 9.06. The van der Waals surface area contributed by atoms with Crippen molar-refractivity contribution >= 4 is 29.1 Å². The van der Waals surface area contributed by atoms with Crippen LogP contribution in [0.2, 0.25) is 0 Å². The lowest BCUT2D eigenvalue weighted by Crippen LogP contribution is -2.52. The average Bonchev–Trinajstić information content (AvgIpc) is 3.40. The van der Waals surface area contributed by atoms with Crippen LogP contribution in [-0.2, 0) is 16.1 Å². The second-order valence-corrected chi connectivity index (χ2v) is 8.07. The third-order valence-corrected chi connectivity index (χ3v) is 6.08. The Morgan fingerprint density at radius 3 is 2.42 bits per heavy atom. The van der Waals surface area contributed by atoms with E-state index >= 15 is 0 Å². The molecule has 0 radical (unpaired) electrons. The van der Waals surface area contributed by atoms with Crippen LogP contribution in [0.3, 0.4) is 0 Å². The van der Waals surface area contributed by atoms with Gasteiger partial charge >= 0.3 is 12.1 Å². The molecule has 2 amide bonds. The van der Waals surface area contributed by atoms with Gasteiger partial charge < -0.3 is 14.9 Å². The second-order valence-electron chi connectivity index (χ2n) is 7.12. The number of hydrogen-bond donors (Lipinski definition) is 1. The second kappa shape index (κ2) is 9.46. The Balaban J connectivity index is 0.000000339. The molecule has 0 bridgehead atoms. The molecule has 4 heterocycles. The number of carbonyl (C=O) groups excluding carboxylic acids is 2. The summed E-state index contributed by atoms with van der Waals surface area (Å²) in [5.74, 6) is -2.46. The number of hydrogen-bond acceptors (Lipinski definition) is 5. The number of pyridine rings is 1. The fraction of sp³-hybridized carbons (Fsp3) is 0.400. The Morgan fingerprint density at radius 2 is 1.84 bits per heavy atom. The molecule has 2 aromatic heterocycles. The van der Waals surface area contributed by atoms with E-state index in [0.717, 1.165) is 29.8 Å². The van der Waals surface area contributed by atoms with Crippen molar-refractivity contribution in [2.45, 2.75) is 44.1 Å². The molecule has 7 nitrogen and oxygen atoms in total. The fourth-order valence-corrected chi connectivity index (χ4v) is 4.51. The quantitative estimate of drug-likeness (QED) is 0.768. The number of nitrogens with zero attached hydrogens (tertiary/aromatic N) is 3. The van der Waals surface area contributed by atoms with Gasteiger partial charge in [-0.25, -0.2) is 4.79 Å². The molecule has 31 heavy (non-hydrogen) atoms. The number of carboxylic acids is 1. The number of alkyl halides is 3. The lowest BCUT2D eigenvalue weighted by Gasteiger charge is -2.39. The number of fused-ring (bicyclic) bond motifs is 1. The Bertz CT molecular complexity index is 922. The molecule has 4 rings (SSSR count). The van der Waals surface area contributed by atoms with Gasteiger partial charge in [0, 0.05) is 31.9 Å². The highest BCUT2D eigenvalue weighted by Crippen LogP contribution is 2.33. The number of rotatable bonds is 3. The van der Waals surface area contributed by atoms with Gasteiger partial charge in [0.2, 0.25) is 5.91 Å². The molecular formula is C20H20F3N3O4S. The van der Waals surface area contributed by atoms with Crippen molar-refractivity contribution in [1.82, 2.24) is 14.8 Å². The van der Waals surface area contributed by atoms with Crippen LogP contribution in [0.5, 0.6) is 0 Å². The largest absolute Gasteiger partial charge is 0.490 e. The van der Waals surface area contributed by atoms with Crippen molar-refractivity contribution in [2.75, 3.05) is 6.54 Å². The number of aliphatic carboxylic acids is 1. The number of amides is 2. The van der Waals surface area contributed by atoms with Crippen molar-refractivity contribution in [3.63, 3.8) is 0 Å². The van der Waals surface area contributed by atoms with Gasteiger partial charge in [-0.2, -0.15) is 13.2 Å². The lowest BCUT2D eigenvalue weighted by molar-refractivity contribution is -0.192. The number of likely N-dealkylation sites (tertiary alicyclic amines) is 2. The SMILES string of the molecule is O=C(O)C(F)(F)F.O=C1CC[C@@H]2[C@@H](CCN2C(=O)c2cccs2)N1Cc1ccncc1. The molecule has 0 spiro atoms. The number of carbonyl (C=O) groups is 3. The summed E-state index contributed by atoms with van der Waals surface area (Å²) in [5.41, 5.74) is 1.09. The van der Waals surface area contributed by atoms with Crippen molar-refractivity contribution in [1.29, 1.82) is 0 Å². The summed E-state index contributed by atoms with van der Waals surface area (Å²) >= 11 is 1.48. The molecule has 11 heteroatoms. The van der Waals surface area contributed by atoms with Crippen LogP contribution in [0.15, 0.2) is 42.0 Å². The van der Waals surface area contributed by atoms with Crippen LogP contribution >= 0.6 is 11.3 Å². The van der Waals surface area contributed by atoms with Crippen molar-refractivity contribution in [3.8, 4) is 0 Å². The zero-order valence-corrected chi connectivity index (χ0v) is 17.1. The number of piperidine rings is 1. The third kappa shape index (κ3) is 5.40. The predicted octanol–water partition coefficient (Wildman–Crippen LogP) is 3.18. The average molecular weight is 455 g/mol. The molecular weight excluding hydrogens is 435 g/mol. The maximum atomic E-state index is 12.7. The maximum Gasteiger partial charge on any atom is 0.490 e. The smallest absolute Gasteiger partial charge is 0.475 e. The Kier molecular flexibility index (Phi) is 6.94. The van der Waals surface area contributed by atoms with Crippen molar-refractivity contribution in [3.05, 3.63) is 52.5 Å². The van der Waals surface area contributed by atoms with Gasteiger partial charge in [0.25, 0.3) is 5.91 Å². The molecule has 2 fully saturated rings. The van der Waals surface area contributed by atoms with E-state index in [1.54, 1.807) is 12.4 Å². The first-order valence-corrected chi connectivity index (χ1v) is 10.4. The molecule has 0 aliphatic carbocycles. The third-order valence-electron chi connectivity index (χ3n) is 5.22. The van der Waals surface area contributed by atoms with Gasteiger partial charge in [-0.1, -0.05) is 6.07 Å². The van der Waals surface area contributed by atoms with Crippen LogP contribution in [0.4, 0.5) is 13.2 Å². The molecule has 2 aliphatic heterocycles. The first-order chi connectivity index (χ1) is 14.7. The fourth-order valence-electron chi connectivity index (χ4n) is 3.83. The van der Waals surface area contributed by atoms with Crippen LogP contribution < -0.4 is 0 Å². The van der Waals surface area contributed by atoms with E-state index in [0.29, 0.717) is 13.0 Å². The van der Waals surface area contributed by atoms with Gasteiger partial charge in [0.05, 0.1) is 17.0 Å². The first kappa shape index (κ1) is 22.7. The molecule has 0 aromatic carbocycles. The van der Waals surface area contributed by atoms with Gasteiger partial charge in [0.1, 0.15) is 0 Å². The van der Waals surface area contributed by atoms with Gasteiger partial charge in [-0.15, -0.1) is 11.3 Å². The molecule has 2 aliphatic rings. The molecule has 2 saturated heterocycles. The molecule has 1 N–H and O–H groups in total. The summed E-state index contributed by atoms with van der Waals surface area (Å²) in [4.78, 5) is 42.8. The predicted molar refractivity (Wildman–Crippen MR) is 105 cm³/mol. The molecule has 0 saturated carbocycles. The number of carboxylic acid groups (broad SMARTS) is 1. The Labute approximate surface area is 180 Å². The number of halogens is 3. The summed E-state index contributed by atoms with van der Waals surface area (Å²) in [6, 6.07) is 7.94. The minimum absolute atomic E-state index is 0.107. The Morgan fingerprint density at radius 1 is 1.16 bits per heavy atom. The standard InChI is InChI=1S/C18H19N3O2S.C2HF3O2/c22-17-4-3-14-15(21(17)12-13-5-8-19-9-6-13)7-10-20(14)18(23)16-2-1-11-24-16;3-2(4,5)1(6)7/h1-2,5-6,8-9,11,14-15H,3-4,7,10,12H2;(H,6,7)/t14-,15-;/m1./s1. The van der Waals surface area contributed by atoms with E-state index in [4.69, 9.17) is 9.90 Å². The zero-order valence-electron chi connectivity index (χ0n) is 16.3. The summed E-state index contributed by atoms with van der Waals surface area (Å²) < 4.78 is 31.7. The lowest BCUT2D eigenvalue weighted by atomic mass is 9.95. The number of aromatic nitrogens is 1. The van der Waals surface area contributed by atoms with E-state index in [2.05, 4.69) is 4.98 Å². The molecule has 2 atom stereocenters. The van der Waals surface area contributed by atoms with E-state index < -0.39 is 12.1 Å². The molecule has 0 unspecified atom stereocenters. The van der Waals surface area contributed by atoms with Crippen LogP contribution in [0, 0.1) is 0 Å². The van der Waals surface area contributed by atoms with Crippen LogP contribution in [-0.4, -0.2) is 62.5 Å².